The molecule has 0 spiro atoms. The monoisotopic (exact) mass is 291 g/mol. The van der Waals surface area contributed by atoms with Gasteiger partial charge in [0.05, 0.1) is 11.6 Å². The zero-order valence-corrected chi connectivity index (χ0v) is 12.4. The molecule has 0 aliphatic heterocycles. The predicted octanol–water partition coefficient (Wildman–Crippen LogP) is 4.21. The fourth-order valence-electron chi connectivity index (χ4n) is 2.27. The van der Waals surface area contributed by atoms with Crippen LogP contribution in [0.25, 0.3) is 4.96 Å². The molecular formula is C14H14ClN3S. The number of rotatable bonds is 3. The Hall–Kier alpha value is -1.52. The van der Waals surface area contributed by atoms with E-state index in [1.54, 1.807) is 11.3 Å². The molecule has 3 aromatic rings. The Morgan fingerprint density at radius 1 is 1.37 bits per heavy atom. The van der Waals surface area contributed by atoms with Crippen LogP contribution in [0.4, 0.5) is 11.5 Å². The predicted molar refractivity (Wildman–Crippen MR) is 81.9 cm³/mol. The van der Waals surface area contributed by atoms with Crippen molar-refractivity contribution in [3.8, 4) is 0 Å². The van der Waals surface area contributed by atoms with Crippen LogP contribution in [-0.2, 0) is 5.88 Å². The normalized spacial score (nSPS) is 11.1. The summed E-state index contributed by atoms with van der Waals surface area (Å²) >= 11 is 7.72. The van der Waals surface area contributed by atoms with Crippen molar-refractivity contribution in [2.24, 2.45) is 0 Å². The molecule has 1 aromatic carbocycles. The molecule has 0 amide bonds. The van der Waals surface area contributed by atoms with Gasteiger partial charge in [-0.2, -0.15) is 0 Å². The molecule has 19 heavy (non-hydrogen) atoms. The molecular weight excluding hydrogens is 278 g/mol. The SMILES string of the molecule is Cc1ccccc1N(C)c1nc2sccn2c1CCl. The molecule has 0 saturated carbocycles. The maximum absolute atomic E-state index is 6.10. The number of hydrogen-bond donors (Lipinski definition) is 0. The molecule has 3 nitrogen and oxygen atoms in total. The van der Waals surface area contributed by atoms with Crippen LogP contribution in [-0.4, -0.2) is 16.4 Å². The van der Waals surface area contributed by atoms with Crippen LogP contribution in [0.5, 0.6) is 0 Å². The van der Waals surface area contributed by atoms with Gasteiger partial charge in [0.15, 0.2) is 10.8 Å². The molecule has 98 valence electrons. The zero-order chi connectivity index (χ0) is 13.4. The van der Waals surface area contributed by atoms with Crippen LogP contribution in [0.2, 0.25) is 0 Å². The number of nitrogens with zero attached hydrogens (tertiary/aromatic N) is 3. The van der Waals surface area contributed by atoms with Crippen LogP contribution < -0.4 is 4.90 Å². The van der Waals surface area contributed by atoms with E-state index in [-0.39, 0.29) is 0 Å². The first-order valence-electron chi connectivity index (χ1n) is 6.02. The fraction of sp³-hybridized carbons (Fsp3) is 0.214. The van der Waals surface area contributed by atoms with Crippen LogP contribution in [0, 0.1) is 6.92 Å². The number of benzene rings is 1. The van der Waals surface area contributed by atoms with E-state index in [0.717, 1.165) is 22.2 Å². The van der Waals surface area contributed by atoms with Crippen molar-refractivity contribution in [1.82, 2.24) is 9.38 Å². The average molecular weight is 292 g/mol. The largest absolute Gasteiger partial charge is 0.328 e. The van der Waals surface area contributed by atoms with Gasteiger partial charge in [0.1, 0.15) is 0 Å². The number of anilines is 2. The number of hydrogen-bond acceptors (Lipinski definition) is 3. The van der Waals surface area contributed by atoms with E-state index in [4.69, 9.17) is 11.6 Å². The molecule has 0 radical (unpaired) electrons. The lowest BCUT2D eigenvalue weighted by Crippen LogP contribution is -2.13. The van der Waals surface area contributed by atoms with Gasteiger partial charge in [0.2, 0.25) is 0 Å². The molecule has 0 aliphatic carbocycles. The third kappa shape index (κ3) is 2.01. The highest BCUT2D eigenvalue weighted by Gasteiger charge is 2.17. The zero-order valence-electron chi connectivity index (χ0n) is 10.8. The lowest BCUT2D eigenvalue weighted by Gasteiger charge is -2.20. The molecule has 0 atom stereocenters. The number of alkyl halides is 1. The summed E-state index contributed by atoms with van der Waals surface area (Å²) in [4.78, 5) is 7.77. The highest BCUT2D eigenvalue weighted by molar-refractivity contribution is 7.15. The van der Waals surface area contributed by atoms with Crippen molar-refractivity contribution in [2.45, 2.75) is 12.8 Å². The van der Waals surface area contributed by atoms with Crippen molar-refractivity contribution < 1.29 is 0 Å². The molecule has 3 rings (SSSR count). The van der Waals surface area contributed by atoms with Crippen LogP contribution >= 0.6 is 22.9 Å². The standard InChI is InChI=1S/C14H14ClN3S/c1-10-5-3-4-6-11(10)17(2)13-12(9-15)18-7-8-19-14(18)16-13/h3-8H,9H2,1-2H3. The summed E-state index contributed by atoms with van der Waals surface area (Å²) in [5, 5.41) is 2.02. The summed E-state index contributed by atoms with van der Waals surface area (Å²) in [6, 6.07) is 8.28. The van der Waals surface area contributed by atoms with E-state index in [1.165, 1.54) is 5.56 Å². The highest BCUT2D eigenvalue weighted by Crippen LogP contribution is 2.31. The number of imidazole rings is 1. The molecule has 2 heterocycles. The molecule has 0 N–H and O–H groups in total. The minimum atomic E-state index is 0.448. The maximum atomic E-state index is 6.10. The first-order valence-corrected chi connectivity index (χ1v) is 7.43. The third-order valence-electron chi connectivity index (χ3n) is 3.26. The van der Waals surface area contributed by atoms with Gasteiger partial charge in [0.25, 0.3) is 0 Å². The minimum absolute atomic E-state index is 0.448. The van der Waals surface area contributed by atoms with Crippen molar-refractivity contribution in [3.05, 3.63) is 47.1 Å². The van der Waals surface area contributed by atoms with Gasteiger partial charge >= 0.3 is 0 Å². The van der Waals surface area contributed by atoms with E-state index >= 15 is 0 Å². The Bertz CT molecular complexity index is 716. The van der Waals surface area contributed by atoms with Gasteiger partial charge in [-0.1, -0.05) is 18.2 Å². The lowest BCUT2D eigenvalue weighted by molar-refractivity contribution is 1.07. The van der Waals surface area contributed by atoms with E-state index in [0.29, 0.717) is 5.88 Å². The average Bonchev–Trinajstić information content (AvgIpc) is 2.98. The smallest absolute Gasteiger partial charge is 0.195 e. The van der Waals surface area contributed by atoms with E-state index in [9.17, 15) is 0 Å². The molecule has 0 bridgehead atoms. The van der Waals surface area contributed by atoms with Gasteiger partial charge in [-0.05, 0) is 18.6 Å². The molecule has 0 fully saturated rings. The Morgan fingerprint density at radius 3 is 2.89 bits per heavy atom. The molecule has 0 unspecified atom stereocenters. The molecule has 2 aromatic heterocycles. The van der Waals surface area contributed by atoms with E-state index < -0.39 is 0 Å². The van der Waals surface area contributed by atoms with Crippen molar-refractivity contribution in [3.63, 3.8) is 0 Å². The van der Waals surface area contributed by atoms with Crippen molar-refractivity contribution in [1.29, 1.82) is 0 Å². The molecule has 0 saturated heterocycles. The lowest BCUT2D eigenvalue weighted by atomic mass is 10.2. The Labute approximate surface area is 121 Å². The van der Waals surface area contributed by atoms with Crippen LogP contribution in [0.3, 0.4) is 0 Å². The summed E-state index contributed by atoms with van der Waals surface area (Å²) in [5.74, 6) is 1.37. The number of thiazole rings is 1. The summed E-state index contributed by atoms with van der Waals surface area (Å²) in [6.45, 7) is 2.10. The summed E-state index contributed by atoms with van der Waals surface area (Å²) in [7, 11) is 2.03. The van der Waals surface area contributed by atoms with Gasteiger partial charge in [-0.3, -0.25) is 4.40 Å². The second kappa shape index (κ2) is 4.87. The van der Waals surface area contributed by atoms with Crippen molar-refractivity contribution >= 4 is 39.4 Å². The molecule has 0 aliphatic rings. The van der Waals surface area contributed by atoms with Gasteiger partial charge in [-0.15, -0.1) is 22.9 Å². The van der Waals surface area contributed by atoms with Gasteiger partial charge in [0, 0.05) is 24.3 Å². The first-order chi connectivity index (χ1) is 9.22. The quantitative estimate of drug-likeness (QED) is 0.674. The molecule has 5 heteroatoms. The minimum Gasteiger partial charge on any atom is -0.328 e. The summed E-state index contributed by atoms with van der Waals surface area (Å²) in [5.41, 5.74) is 3.41. The number of fused-ring (bicyclic) bond motifs is 1. The number of aryl methyl sites for hydroxylation is 1. The highest BCUT2D eigenvalue weighted by atomic mass is 35.5. The Kier molecular flexibility index (Phi) is 3.21. The van der Waals surface area contributed by atoms with Crippen LogP contribution in [0.15, 0.2) is 35.8 Å². The Morgan fingerprint density at radius 2 is 2.16 bits per heavy atom. The fourth-order valence-corrected chi connectivity index (χ4v) is 3.24. The van der Waals surface area contributed by atoms with E-state index in [2.05, 4.69) is 33.3 Å². The Balaban J connectivity index is 2.13. The summed E-state index contributed by atoms with van der Waals surface area (Å²) < 4.78 is 2.06. The first kappa shape index (κ1) is 12.5. The third-order valence-corrected chi connectivity index (χ3v) is 4.27. The number of aromatic nitrogens is 2. The van der Waals surface area contributed by atoms with Gasteiger partial charge < -0.3 is 4.90 Å². The van der Waals surface area contributed by atoms with Crippen molar-refractivity contribution in [2.75, 3.05) is 11.9 Å². The van der Waals surface area contributed by atoms with E-state index in [1.807, 2.05) is 30.8 Å². The van der Waals surface area contributed by atoms with Crippen LogP contribution in [0.1, 0.15) is 11.3 Å². The second-order valence-corrected chi connectivity index (χ2v) is 5.56. The topological polar surface area (TPSA) is 20.5 Å². The maximum Gasteiger partial charge on any atom is 0.195 e. The van der Waals surface area contributed by atoms with Gasteiger partial charge in [-0.25, -0.2) is 4.98 Å². The summed E-state index contributed by atoms with van der Waals surface area (Å²) in [6.07, 6.45) is 2.01. The second-order valence-electron chi connectivity index (χ2n) is 4.42. The number of halogens is 1. The number of para-hydroxylation sites is 1.